The normalized spacial score (nSPS) is 10.7. The Morgan fingerprint density at radius 1 is 1.44 bits per heavy atom. The van der Waals surface area contributed by atoms with Crippen molar-refractivity contribution in [2.24, 2.45) is 0 Å². The third-order valence-corrected chi connectivity index (χ3v) is 3.24. The second-order valence-corrected chi connectivity index (χ2v) is 5.17. The molecule has 1 N–H and O–H groups in total. The predicted octanol–water partition coefficient (Wildman–Crippen LogP) is 2.77. The predicted molar refractivity (Wildman–Crippen MR) is 84.8 cm³/mol. The van der Waals surface area contributed by atoms with Crippen LogP contribution in [-0.2, 0) is 11.3 Å². The van der Waals surface area contributed by atoms with Gasteiger partial charge in [0, 0.05) is 37.0 Å². The van der Waals surface area contributed by atoms with Gasteiger partial charge in [0.05, 0.1) is 16.7 Å². The minimum Gasteiger partial charge on any atom is -0.487 e. The van der Waals surface area contributed by atoms with Crippen molar-refractivity contribution >= 4 is 17.3 Å². The first kappa shape index (κ1) is 18.3. The number of anilines is 1. The van der Waals surface area contributed by atoms with Crippen LogP contribution in [0.5, 0.6) is 5.75 Å². The summed E-state index contributed by atoms with van der Waals surface area (Å²) in [7, 11) is 0. The number of aryl methyl sites for hydroxylation is 2. The number of carbonyl (C=O) groups excluding carboxylic acids is 1. The van der Waals surface area contributed by atoms with Gasteiger partial charge in [0.2, 0.25) is 5.91 Å². The molecule has 0 aliphatic heterocycles. The zero-order valence-corrected chi connectivity index (χ0v) is 13.3. The minimum atomic E-state index is -2.71. The molecule has 0 saturated heterocycles. The smallest absolute Gasteiger partial charge is 0.275 e. The summed E-state index contributed by atoms with van der Waals surface area (Å²) in [5.74, 6) is -0.511. The van der Waals surface area contributed by atoms with Crippen LogP contribution in [0.3, 0.4) is 0 Å². The summed E-state index contributed by atoms with van der Waals surface area (Å²) in [4.78, 5) is 22.2. The summed E-state index contributed by atoms with van der Waals surface area (Å²) in [6.07, 6.45) is -1.01. The fourth-order valence-electron chi connectivity index (χ4n) is 2.07. The van der Waals surface area contributed by atoms with Crippen LogP contribution in [0.2, 0.25) is 0 Å². The van der Waals surface area contributed by atoms with E-state index in [1.807, 2.05) is 6.92 Å². The lowest BCUT2D eigenvalue weighted by molar-refractivity contribution is -0.384. The lowest BCUT2D eigenvalue weighted by Gasteiger charge is -2.10. The van der Waals surface area contributed by atoms with Crippen LogP contribution in [0.15, 0.2) is 30.5 Å². The quantitative estimate of drug-likeness (QED) is 0.580. The fourth-order valence-corrected chi connectivity index (χ4v) is 2.07. The Hall–Kier alpha value is -3.04. The molecule has 0 fully saturated rings. The first-order valence-corrected chi connectivity index (χ1v) is 7.34. The van der Waals surface area contributed by atoms with E-state index < -0.39 is 23.9 Å². The molecule has 2 rings (SSSR count). The SMILES string of the molecule is Cc1ccnn1CCC(=O)Nc1cc(OCC(F)F)cc([N+](=O)[O-])c1. The molecule has 0 spiro atoms. The molecule has 1 amide bonds. The maximum atomic E-state index is 12.2. The first-order chi connectivity index (χ1) is 11.8. The highest BCUT2D eigenvalue weighted by Crippen LogP contribution is 2.26. The van der Waals surface area contributed by atoms with Crippen LogP contribution in [0, 0.1) is 17.0 Å². The third-order valence-electron chi connectivity index (χ3n) is 3.24. The first-order valence-electron chi connectivity index (χ1n) is 7.34. The van der Waals surface area contributed by atoms with Crippen molar-refractivity contribution in [3.8, 4) is 5.75 Å². The van der Waals surface area contributed by atoms with E-state index in [2.05, 4.69) is 10.4 Å². The summed E-state index contributed by atoms with van der Waals surface area (Å²) in [6, 6.07) is 5.20. The topological polar surface area (TPSA) is 99.3 Å². The van der Waals surface area contributed by atoms with Gasteiger partial charge in [-0.2, -0.15) is 5.10 Å². The van der Waals surface area contributed by atoms with Crippen LogP contribution in [0.25, 0.3) is 0 Å². The number of halogens is 2. The number of nitro groups is 1. The van der Waals surface area contributed by atoms with Crippen LogP contribution >= 0.6 is 0 Å². The number of hydrogen-bond donors (Lipinski definition) is 1. The van der Waals surface area contributed by atoms with Gasteiger partial charge in [-0.1, -0.05) is 0 Å². The molecule has 0 saturated carbocycles. The monoisotopic (exact) mass is 354 g/mol. The van der Waals surface area contributed by atoms with E-state index in [-0.39, 0.29) is 23.5 Å². The highest BCUT2D eigenvalue weighted by Gasteiger charge is 2.14. The van der Waals surface area contributed by atoms with Gasteiger partial charge in [-0.15, -0.1) is 0 Å². The number of alkyl halides is 2. The molecule has 0 bridgehead atoms. The molecular formula is C15H16F2N4O4. The molecule has 0 radical (unpaired) electrons. The molecule has 2 aromatic rings. The molecule has 1 aromatic carbocycles. The molecule has 8 nitrogen and oxygen atoms in total. The minimum absolute atomic E-state index is 0.0957. The lowest BCUT2D eigenvalue weighted by atomic mass is 10.2. The Balaban J connectivity index is 2.04. The van der Waals surface area contributed by atoms with Gasteiger partial charge in [-0.3, -0.25) is 19.6 Å². The van der Waals surface area contributed by atoms with Gasteiger partial charge in [-0.25, -0.2) is 8.78 Å². The van der Waals surface area contributed by atoms with Gasteiger partial charge < -0.3 is 10.1 Å². The molecular weight excluding hydrogens is 338 g/mol. The number of carbonyl (C=O) groups is 1. The Kier molecular flexibility index (Phi) is 5.98. The Morgan fingerprint density at radius 3 is 2.80 bits per heavy atom. The number of non-ortho nitro benzene ring substituents is 1. The number of rotatable bonds is 8. The summed E-state index contributed by atoms with van der Waals surface area (Å²) in [5.41, 5.74) is 0.622. The van der Waals surface area contributed by atoms with Crippen molar-refractivity contribution in [1.82, 2.24) is 9.78 Å². The second kappa shape index (κ2) is 8.18. The Labute approximate surface area is 141 Å². The molecule has 0 atom stereocenters. The summed E-state index contributed by atoms with van der Waals surface area (Å²) in [5, 5.41) is 17.5. The highest BCUT2D eigenvalue weighted by molar-refractivity contribution is 5.91. The molecule has 1 aromatic heterocycles. The zero-order chi connectivity index (χ0) is 18.4. The van der Waals surface area contributed by atoms with Crippen LogP contribution in [-0.4, -0.2) is 33.6 Å². The second-order valence-electron chi connectivity index (χ2n) is 5.17. The van der Waals surface area contributed by atoms with Crippen molar-refractivity contribution in [2.75, 3.05) is 11.9 Å². The van der Waals surface area contributed by atoms with E-state index in [1.54, 1.807) is 16.9 Å². The highest BCUT2D eigenvalue weighted by atomic mass is 19.3. The van der Waals surface area contributed by atoms with E-state index in [4.69, 9.17) is 4.74 Å². The van der Waals surface area contributed by atoms with E-state index in [0.29, 0.717) is 6.54 Å². The van der Waals surface area contributed by atoms with E-state index in [1.165, 1.54) is 6.07 Å². The fraction of sp³-hybridized carbons (Fsp3) is 0.333. The molecule has 1 heterocycles. The van der Waals surface area contributed by atoms with Gasteiger partial charge in [0.1, 0.15) is 12.4 Å². The van der Waals surface area contributed by atoms with Crippen LogP contribution in [0.1, 0.15) is 12.1 Å². The molecule has 134 valence electrons. The molecule has 0 aliphatic rings. The average Bonchev–Trinajstić information content (AvgIpc) is 2.96. The summed E-state index contributed by atoms with van der Waals surface area (Å²) >= 11 is 0. The number of hydrogen-bond acceptors (Lipinski definition) is 5. The molecule has 0 aliphatic carbocycles. The van der Waals surface area contributed by atoms with Crippen LogP contribution < -0.4 is 10.1 Å². The average molecular weight is 354 g/mol. The van der Waals surface area contributed by atoms with Gasteiger partial charge in [0.15, 0.2) is 0 Å². The van der Waals surface area contributed by atoms with Crippen molar-refractivity contribution in [3.63, 3.8) is 0 Å². The summed E-state index contributed by atoms with van der Waals surface area (Å²) in [6.45, 7) is 1.29. The van der Waals surface area contributed by atoms with Gasteiger partial charge >= 0.3 is 0 Å². The largest absolute Gasteiger partial charge is 0.487 e. The number of aromatic nitrogens is 2. The molecule has 10 heteroatoms. The van der Waals surface area contributed by atoms with Crippen molar-refractivity contribution in [2.45, 2.75) is 26.3 Å². The lowest BCUT2D eigenvalue weighted by Crippen LogP contribution is -2.16. The maximum Gasteiger partial charge on any atom is 0.275 e. The Bertz CT molecular complexity index is 764. The van der Waals surface area contributed by atoms with Gasteiger partial charge in [-0.05, 0) is 13.0 Å². The van der Waals surface area contributed by atoms with Crippen molar-refractivity contribution in [1.29, 1.82) is 0 Å². The standard InChI is InChI=1S/C15H16F2N4O4/c1-10-2-4-18-20(10)5-3-15(22)19-11-6-12(21(23)24)8-13(7-11)25-9-14(16)17/h2,4,6-8,14H,3,5,9H2,1H3,(H,19,22). The van der Waals surface area contributed by atoms with E-state index >= 15 is 0 Å². The Morgan fingerprint density at radius 2 is 2.20 bits per heavy atom. The summed E-state index contributed by atoms with van der Waals surface area (Å²) < 4.78 is 30.9. The number of nitrogens with zero attached hydrogens (tertiary/aromatic N) is 3. The number of ether oxygens (including phenoxy) is 1. The number of amides is 1. The van der Waals surface area contributed by atoms with Crippen LogP contribution in [0.4, 0.5) is 20.2 Å². The number of benzene rings is 1. The van der Waals surface area contributed by atoms with E-state index in [9.17, 15) is 23.7 Å². The molecule has 0 unspecified atom stereocenters. The number of nitrogens with one attached hydrogen (secondary N) is 1. The van der Waals surface area contributed by atoms with E-state index in [0.717, 1.165) is 17.8 Å². The van der Waals surface area contributed by atoms with Gasteiger partial charge in [0.25, 0.3) is 12.1 Å². The van der Waals surface area contributed by atoms with Crippen molar-refractivity contribution in [3.05, 3.63) is 46.3 Å². The third kappa shape index (κ3) is 5.52. The number of nitro benzene ring substituents is 1. The zero-order valence-electron chi connectivity index (χ0n) is 13.3. The maximum absolute atomic E-state index is 12.2. The molecule has 25 heavy (non-hydrogen) atoms. The van der Waals surface area contributed by atoms with Crippen molar-refractivity contribution < 1.29 is 23.2 Å².